The molecule has 0 atom stereocenters. The number of carbonyl (C=O) groups is 1. The van der Waals surface area contributed by atoms with Crippen LogP contribution in [0.25, 0.3) is 10.9 Å². The third kappa shape index (κ3) is 3.97. The van der Waals surface area contributed by atoms with Crippen molar-refractivity contribution in [2.75, 3.05) is 32.9 Å². The van der Waals surface area contributed by atoms with Crippen molar-refractivity contribution in [3.63, 3.8) is 0 Å². The molecule has 1 heterocycles. The fourth-order valence-corrected chi connectivity index (χ4v) is 2.72. The summed E-state index contributed by atoms with van der Waals surface area (Å²) in [7, 11) is 3.99. The number of hydrogen-bond acceptors (Lipinski definition) is 4. The molecule has 0 spiro atoms. The molecule has 0 aliphatic carbocycles. The van der Waals surface area contributed by atoms with Crippen LogP contribution in [0.4, 0.5) is 5.69 Å². The van der Waals surface area contributed by atoms with E-state index in [0.29, 0.717) is 24.5 Å². The quantitative estimate of drug-likeness (QED) is 0.677. The fourth-order valence-electron chi connectivity index (χ4n) is 2.72. The van der Waals surface area contributed by atoms with E-state index in [1.165, 1.54) is 0 Å². The zero-order chi connectivity index (χ0) is 17.8. The highest BCUT2D eigenvalue weighted by Crippen LogP contribution is 2.21. The number of benzene rings is 2. The highest BCUT2D eigenvalue weighted by molar-refractivity contribution is 6.05. The van der Waals surface area contributed by atoms with Gasteiger partial charge in [0.2, 0.25) is 0 Å². The van der Waals surface area contributed by atoms with Gasteiger partial charge in [0.15, 0.2) is 5.69 Å². The molecule has 0 saturated heterocycles. The lowest BCUT2D eigenvalue weighted by Gasteiger charge is -2.24. The minimum atomic E-state index is -0.0949. The predicted octanol–water partition coefficient (Wildman–Crippen LogP) is 2.35. The van der Waals surface area contributed by atoms with E-state index in [1.54, 1.807) is 12.1 Å². The number of nitrogens with one attached hydrogen (secondary N) is 1. The molecule has 3 aromatic rings. The Kier molecular flexibility index (Phi) is 5.00. The number of nitrogens with zero attached hydrogens (tertiary/aromatic N) is 3. The maximum absolute atomic E-state index is 13.1. The van der Waals surface area contributed by atoms with E-state index in [0.717, 1.165) is 23.0 Å². The molecule has 0 bridgehead atoms. The van der Waals surface area contributed by atoms with Gasteiger partial charge >= 0.3 is 0 Å². The van der Waals surface area contributed by atoms with Gasteiger partial charge in [-0.15, -0.1) is 0 Å². The van der Waals surface area contributed by atoms with Crippen LogP contribution in [-0.2, 0) is 6.54 Å². The average molecular weight is 337 g/mol. The summed E-state index contributed by atoms with van der Waals surface area (Å²) >= 11 is 0. The van der Waals surface area contributed by atoms with Crippen LogP contribution in [0.15, 0.2) is 48.5 Å². The molecule has 0 aliphatic heterocycles. The van der Waals surface area contributed by atoms with E-state index in [-0.39, 0.29) is 5.91 Å². The summed E-state index contributed by atoms with van der Waals surface area (Å²) in [4.78, 5) is 17.0. The molecule has 1 aromatic heterocycles. The number of carbonyl (C=O) groups excluding carboxylic acids is 1. The van der Waals surface area contributed by atoms with Gasteiger partial charge in [0, 0.05) is 30.7 Å². The maximum Gasteiger partial charge on any atom is 0.275 e. The average Bonchev–Trinajstić information content (AvgIpc) is 3.01. The standard InChI is InChI=1S/C19H23N5O/c1-23(2)10-11-24(13-14-6-4-3-5-7-14)19(25)18-16-12-15(20)8-9-17(16)21-22-18/h3-9,12H,10-11,13,20H2,1-2H3,(H,21,22). The highest BCUT2D eigenvalue weighted by Gasteiger charge is 2.21. The summed E-state index contributed by atoms with van der Waals surface area (Å²) in [5.74, 6) is -0.0949. The maximum atomic E-state index is 13.1. The molecule has 0 unspecified atom stereocenters. The number of amides is 1. The van der Waals surface area contributed by atoms with Crippen LogP contribution < -0.4 is 5.73 Å². The number of H-pyrrole nitrogens is 1. The van der Waals surface area contributed by atoms with E-state index in [1.807, 2.05) is 55.4 Å². The second kappa shape index (κ2) is 7.36. The molecule has 0 radical (unpaired) electrons. The first-order valence-corrected chi connectivity index (χ1v) is 8.26. The molecule has 130 valence electrons. The minimum Gasteiger partial charge on any atom is -0.399 e. The van der Waals surface area contributed by atoms with Gasteiger partial charge in [0.25, 0.3) is 5.91 Å². The third-order valence-corrected chi connectivity index (χ3v) is 4.11. The molecule has 0 fully saturated rings. The van der Waals surface area contributed by atoms with Gasteiger partial charge in [0.05, 0.1) is 5.52 Å². The van der Waals surface area contributed by atoms with Crippen LogP contribution in [0.2, 0.25) is 0 Å². The first-order chi connectivity index (χ1) is 12.0. The minimum absolute atomic E-state index is 0.0949. The van der Waals surface area contributed by atoms with Crippen LogP contribution >= 0.6 is 0 Å². The lowest BCUT2D eigenvalue weighted by atomic mass is 10.1. The first-order valence-electron chi connectivity index (χ1n) is 8.26. The zero-order valence-electron chi connectivity index (χ0n) is 14.6. The Hall–Kier alpha value is -2.86. The number of aromatic nitrogens is 2. The second-order valence-electron chi connectivity index (χ2n) is 6.39. The Morgan fingerprint density at radius 1 is 1.12 bits per heavy atom. The number of hydrogen-bond donors (Lipinski definition) is 2. The number of fused-ring (bicyclic) bond motifs is 1. The number of rotatable bonds is 6. The Morgan fingerprint density at radius 2 is 1.88 bits per heavy atom. The van der Waals surface area contributed by atoms with Gasteiger partial charge < -0.3 is 15.5 Å². The summed E-state index contributed by atoms with van der Waals surface area (Å²) < 4.78 is 0. The molecule has 3 N–H and O–H groups in total. The van der Waals surface area contributed by atoms with E-state index in [9.17, 15) is 4.79 Å². The van der Waals surface area contributed by atoms with Gasteiger partial charge in [-0.2, -0.15) is 5.10 Å². The van der Waals surface area contributed by atoms with E-state index in [4.69, 9.17) is 5.73 Å². The van der Waals surface area contributed by atoms with Gasteiger partial charge in [-0.1, -0.05) is 30.3 Å². The molecule has 25 heavy (non-hydrogen) atoms. The molecule has 0 aliphatic rings. The molecule has 1 amide bonds. The lowest BCUT2D eigenvalue weighted by Crippen LogP contribution is -2.36. The summed E-state index contributed by atoms with van der Waals surface area (Å²) in [6.07, 6.45) is 0. The molecule has 6 heteroatoms. The molecule has 0 saturated carbocycles. The second-order valence-corrected chi connectivity index (χ2v) is 6.39. The number of aromatic amines is 1. The SMILES string of the molecule is CN(C)CCN(Cc1ccccc1)C(=O)c1n[nH]c2ccc(N)cc12. The monoisotopic (exact) mass is 337 g/mol. The third-order valence-electron chi connectivity index (χ3n) is 4.11. The molecular weight excluding hydrogens is 314 g/mol. The Morgan fingerprint density at radius 3 is 2.60 bits per heavy atom. The Bertz CT molecular complexity index is 857. The van der Waals surface area contributed by atoms with Crippen LogP contribution in [0, 0.1) is 0 Å². The van der Waals surface area contributed by atoms with Gasteiger partial charge in [-0.25, -0.2) is 0 Å². The van der Waals surface area contributed by atoms with Crippen molar-refractivity contribution in [3.05, 3.63) is 59.8 Å². The topological polar surface area (TPSA) is 78.2 Å². The van der Waals surface area contributed by atoms with Crippen LogP contribution in [-0.4, -0.2) is 53.1 Å². The number of anilines is 1. The van der Waals surface area contributed by atoms with Crippen LogP contribution in [0.1, 0.15) is 16.1 Å². The van der Waals surface area contributed by atoms with Crippen molar-refractivity contribution in [2.24, 2.45) is 0 Å². The predicted molar refractivity (Wildman–Crippen MR) is 100 cm³/mol. The largest absolute Gasteiger partial charge is 0.399 e. The van der Waals surface area contributed by atoms with Crippen molar-refractivity contribution in [1.82, 2.24) is 20.0 Å². The molecule has 6 nitrogen and oxygen atoms in total. The first kappa shape index (κ1) is 17.0. The van der Waals surface area contributed by atoms with Crippen molar-refractivity contribution in [3.8, 4) is 0 Å². The van der Waals surface area contributed by atoms with Crippen LogP contribution in [0.3, 0.4) is 0 Å². The van der Waals surface area contributed by atoms with Gasteiger partial charge in [0.1, 0.15) is 0 Å². The summed E-state index contributed by atoms with van der Waals surface area (Å²) in [5, 5.41) is 7.91. The van der Waals surface area contributed by atoms with Gasteiger partial charge in [-0.05, 0) is 37.9 Å². The number of nitrogens with two attached hydrogens (primary N) is 1. The summed E-state index contributed by atoms with van der Waals surface area (Å²) in [6.45, 7) is 1.95. The fraction of sp³-hybridized carbons (Fsp3) is 0.263. The smallest absolute Gasteiger partial charge is 0.275 e. The van der Waals surface area contributed by atoms with E-state index < -0.39 is 0 Å². The Labute approximate surface area is 147 Å². The van der Waals surface area contributed by atoms with Crippen molar-refractivity contribution in [2.45, 2.75) is 6.54 Å². The lowest BCUT2D eigenvalue weighted by molar-refractivity contribution is 0.0728. The van der Waals surface area contributed by atoms with Crippen molar-refractivity contribution < 1.29 is 4.79 Å². The summed E-state index contributed by atoms with van der Waals surface area (Å²) in [5.41, 5.74) is 8.81. The highest BCUT2D eigenvalue weighted by atomic mass is 16.2. The van der Waals surface area contributed by atoms with Crippen molar-refractivity contribution >= 4 is 22.5 Å². The molecular formula is C19H23N5O. The van der Waals surface area contributed by atoms with Crippen molar-refractivity contribution in [1.29, 1.82) is 0 Å². The number of nitrogen functional groups attached to an aromatic ring is 1. The molecule has 2 aromatic carbocycles. The van der Waals surface area contributed by atoms with Crippen LogP contribution in [0.5, 0.6) is 0 Å². The summed E-state index contributed by atoms with van der Waals surface area (Å²) in [6, 6.07) is 15.4. The normalized spacial score (nSPS) is 11.2. The Balaban J connectivity index is 1.90. The van der Waals surface area contributed by atoms with E-state index >= 15 is 0 Å². The van der Waals surface area contributed by atoms with E-state index in [2.05, 4.69) is 15.1 Å². The molecule has 3 rings (SSSR count). The number of likely N-dealkylation sites (N-methyl/N-ethyl adjacent to an activating group) is 1. The van der Waals surface area contributed by atoms with Gasteiger partial charge in [-0.3, -0.25) is 9.89 Å². The zero-order valence-corrected chi connectivity index (χ0v) is 14.6.